The Balaban J connectivity index is 2.60. The van der Waals surface area contributed by atoms with E-state index in [1.807, 2.05) is 0 Å². The Labute approximate surface area is 148 Å². The summed E-state index contributed by atoms with van der Waals surface area (Å²) in [6.45, 7) is 6.66. The van der Waals surface area contributed by atoms with Gasteiger partial charge in [0.2, 0.25) is 0 Å². The zero-order valence-corrected chi connectivity index (χ0v) is 15.4. The van der Waals surface area contributed by atoms with Crippen LogP contribution in [-0.4, -0.2) is 48.4 Å². The summed E-state index contributed by atoms with van der Waals surface area (Å²) in [5.41, 5.74) is -0.671. The van der Waals surface area contributed by atoms with Crippen molar-refractivity contribution in [3.63, 3.8) is 0 Å². The zero-order valence-electron chi connectivity index (χ0n) is 15.4. The largest absolute Gasteiger partial charge is 0.497 e. The van der Waals surface area contributed by atoms with Crippen LogP contribution >= 0.6 is 0 Å². The summed E-state index contributed by atoms with van der Waals surface area (Å²) >= 11 is 0. The molecule has 0 unspecified atom stereocenters. The van der Waals surface area contributed by atoms with Gasteiger partial charge in [0.15, 0.2) is 5.78 Å². The minimum absolute atomic E-state index is 0.205. The van der Waals surface area contributed by atoms with Crippen molar-refractivity contribution in [3.05, 3.63) is 24.3 Å². The normalized spacial score (nSPS) is 13.5. The molecule has 1 aromatic carbocycles. The molecule has 1 rings (SSSR count). The zero-order chi connectivity index (χ0) is 19.0. The summed E-state index contributed by atoms with van der Waals surface area (Å²) in [7, 11) is 1.58. The Morgan fingerprint density at radius 3 is 2.20 bits per heavy atom. The molecule has 25 heavy (non-hydrogen) atoms. The Morgan fingerprint density at radius 1 is 1.16 bits per heavy atom. The number of alkyl carbamates (subject to hydrolysis) is 1. The third kappa shape index (κ3) is 7.89. The number of hydrogen-bond acceptors (Lipinski definition) is 6. The van der Waals surface area contributed by atoms with Gasteiger partial charge in [-0.1, -0.05) is 0 Å². The van der Waals surface area contributed by atoms with E-state index in [1.165, 1.54) is 6.92 Å². The van der Waals surface area contributed by atoms with Crippen LogP contribution in [0, 0.1) is 0 Å². The maximum Gasteiger partial charge on any atom is 0.407 e. The number of amides is 1. The van der Waals surface area contributed by atoms with Crippen LogP contribution in [0.5, 0.6) is 11.5 Å². The van der Waals surface area contributed by atoms with Crippen LogP contribution in [-0.2, 0) is 9.53 Å². The minimum Gasteiger partial charge on any atom is -0.497 e. The van der Waals surface area contributed by atoms with Crippen LogP contribution in [0.2, 0.25) is 0 Å². The van der Waals surface area contributed by atoms with E-state index < -0.39 is 29.6 Å². The second-order valence-electron chi connectivity index (χ2n) is 6.62. The van der Waals surface area contributed by atoms with Gasteiger partial charge in [-0.2, -0.15) is 0 Å². The van der Waals surface area contributed by atoms with Gasteiger partial charge in [0.25, 0.3) is 0 Å². The summed E-state index contributed by atoms with van der Waals surface area (Å²) < 4.78 is 15.8. The maximum atomic E-state index is 11.9. The average Bonchev–Trinajstić information content (AvgIpc) is 2.52. The second-order valence-corrected chi connectivity index (χ2v) is 6.62. The van der Waals surface area contributed by atoms with E-state index >= 15 is 0 Å². The fourth-order valence-corrected chi connectivity index (χ4v) is 2.03. The lowest BCUT2D eigenvalue weighted by Crippen LogP contribution is -2.48. The number of carbonyl (C=O) groups excluding carboxylic acids is 2. The molecule has 0 bridgehead atoms. The van der Waals surface area contributed by atoms with Crippen LogP contribution in [0.3, 0.4) is 0 Å². The molecule has 0 spiro atoms. The minimum atomic E-state index is -1.33. The summed E-state index contributed by atoms with van der Waals surface area (Å²) in [5.74, 6) is 0.892. The van der Waals surface area contributed by atoms with E-state index in [-0.39, 0.29) is 13.0 Å². The molecule has 7 heteroatoms. The molecule has 0 aromatic heterocycles. The van der Waals surface area contributed by atoms with Crippen molar-refractivity contribution in [1.82, 2.24) is 5.32 Å². The van der Waals surface area contributed by atoms with Crippen LogP contribution in [0.15, 0.2) is 24.3 Å². The van der Waals surface area contributed by atoms with Crippen molar-refractivity contribution in [2.24, 2.45) is 0 Å². The molecule has 140 valence electrons. The van der Waals surface area contributed by atoms with Gasteiger partial charge in [0.05, 0.1) is 19.8 Å². The molecular formula is C18H27NO6. The first-order valence-electron chi connectivity index (χ1n) is 8.07. The molecule has 0 radical (unpaired) electrons. The molecule has 1 amide bonds. The fraction of sp³-hybridized carbons (Fsp3) is 0.556. The number of methoxy groups -OCH3 is 1. The van der Waals surface area contributed by atoms with Crippen LogP contribution in [0.4, 0.5) is 4.79 Å². The van der Waals surface area contributed by atoms with E-state index in [0.717, 1.165) is 0 Å². The molecule has 2 N–H and O–H groups in total. The highest BCUT2D eigenvalue weighted by Gasteiger charge is 2.27. The lowest BCUT2D eigenvalue weighted by molar-refractivity contribution is -0.126. The Kier molecular flexibility index (Phi) is 7.70. The first kappa shape index (κ1) is 20.8. The van der Waals surface area contributed by atoms with E-state index in [9.17, 15) is 14.7 Å². The smallest absolute Gasteiger partial charge is 0.407 e. The first-order chi connectivity index (χ1) is 11.6. The van der Waals surface area contributed by atoms with Gasteiger partial charge in [-0.15, -0.1) is 0 Å². The number of ketones is 1. The molecule has 1 aromatic rings. The van der Waals surface area contributed by atoms with E-state index in [2.05, 4.69) is 5.32 Å². The lowest BCUT2D eigenvalue weighted by Gasteiger charge is -2.25. The molecule has 0 heterocycles. The summed E-state index contributed by atoms with van der Waals surface area (Å²) in [6, 6.07) is 6.21. The van der Waals surface area contributed by atoms with E-state index in [0.29, 0.717) is 11.5 Å². The second kappa shape index (κ2) is 9.27. The topological polar surface area (TPSA) is 94.1 Å². The maximum absolute atomic E-state index is 11.9. The molecule has 0 aliphatic carbocycles. The molecule has 2 atom stereocenters. The van der Waals surface area contributed by atoms with Crippen molar-refractivity contribution >= 4 is 11.9 Å². The van der Waals surface area contributed by atoms with Crippen LogP contribution in [0.25, 0.3) is 0 Å². The monoisotopic (exact) mass is 353 g/mol. The number of aliphatic hydroxyl groups is 1. The summed E-state index contributed by atoms with van der Waals surface area (Å²) in [5, 5.41) is 12.5. The summed E-state index contributed by atoms with van der Waals surface area (Å²) in [4.78, 5) is 23.3. The van der Waals surface area contributed by atoms with Gasteiger partial charge in [-0.25, -0.2) is 4.79 Å². The van der Waals surface area contributed by atoms with Crippen LogP contribution < -0.4 is 14.8 Å². The molecule has 0 saturated heterocycles. The number of aliphatic hydroxyl groups excluding tert-OH is 1. The molecule has 0 saturated carbocycles. The molecule has 0 aliphatic rings. The molecule has 7 nitrogen and oxygen atoms in total. The lowest BCUT2D eigenvalue weighted by atomic mass is 10.1. The van der Waals surface area contributed by atoms with Gasteiger partial charge in [-0.3, -0.25) is 4.79 Å². The van der Waals surface area contributed by atoms with E-state index in [1.54, 1.807) is 52.1 Å². The fourth-order valence-electron chi connectivity index (χ4n) is 2.03. The molecular weight excluding hydrogens is 326 g/mol. The highest BCUT2D eigenvalue weighted by molar-refractivity contribution is 5.81. The Morgan fingerprint density at radius 2 is 1.72 bits per heavy atom. The highest BCUT2D eigenvalue weighted by atomic mass is 16.6. The Hall–Kier alpha value is -2.28. The van der Waals surface area contributed by atoms with Gasteiger partial charge < -0.3 is 24.6 Å². The number of nitrogens with one attached hydrogen (secondary N) is 1. The number of rotatable bonds is 8. The van der Waals surface area contributed by atoms with Crippen molar-refractivity contribution in [1.29, 1.82) is 0 Å². The third-order valence-corrected chi connectivity index (χ3v) is 3.26. The third-order valence-electron chi connectivity index (χ3n) is 3.26. The van der Waals surface area contributed by atoms with Crippen molar-refractivity contribution < 1.29 is 28.9 Å². The van der Waals surface area contributed by atoms with Gasteiger partial charge in [0.1, 0.15) is 23.2 Å². The molecule has 0 aliphatic heterocycles. The number of Topliss-reactive ketones (excluding diaryl/α,β-unsaturated/α-hetero) is 1. The van der Waals surface area contributed by atoms with Crippen LogP contribution in [0.1, 0.15) is 34.1 Å². The van der Waals surface area contributed by atoms with Crippen molar-refractivity contribution in [2.75, 3.05) is 13.7 Å². The predicted octanol–water partition coefficient (Wildman–Crippen LogP) is 2.31. The van der Waals surface area contributed by atoms with Gasteiger partial charge in [-0.05, 0) is 52.0 Å². The van der Waals surface area contributed by atoms with Gasteiger partial charge in [0, 0.05) is 6.42 Å². The van der Waals surface area contributed by atoms with Crippen molar-refractivity contribution in [3.8, 4) is 11.5 Å². The van der Waals surface area contributed by atoms with Crippen molar-refractivity contribution in [2.45, 2.75) is 51.9 Å². The summed E-state index contributed by atoms with van der Waals surface area (Å²) in [6.07, 6.45) is -1.78. The first-order valence-corrected chi connectivity index (χ1v) is 8.07. The number of benzene rings is 1. The van der Waals surface area contributed by atoms with Gasteiger partial charge >= 0.3 is 6.09 Å². The van der Waals surface area contributed by atoms with E-state index in [4.69, 9.17) is 14.2 Å². The number of carbonyl (C=O) groups is 2. The Bertz CT molecular complexity index is 564. The standard InChI is InChI=1S/C18H27NO6/c1-12(20)16(21)15(19-17(22)25-18(2,3)4)10-11-24-14-8-6-13(23-5)7-9-14/h6-9,15-16,21H,10-11H2,1-5H3,(H,19,22)/t15-,16-/m0/s1. The predicted molar refractivity (Wildman–Crippen MR) is 93.0 cm³/mol. The average molecular weight is 353 g/mol. The quantitative estimate of drug-likeness (QED) is 0.745. The highest BCUT2D eigenvalue weighted by Crippen LogP contribution is 2.17. The number of hydrogen-bond donors (Lipinski definition) is 2. The number of ether oxygens (including phenoxy) is 3. The molecule has 0 fully saturated rings. The SMILES string of the molecule is COc1ccc(OCC[C@H](NC(=O)OC(C)(C)C)[C@@H](O)C(C)=O)cc1.